The van der Waals surface area contributed by atoms with E-state index >= 15 is 0 Å². The average Bonchev–Trinajstić information content (AvgIpc) is 2.54. The maximum Gasteiger partial charge on any atom is 0.253 e. The van der Waals surface area contributed by atoms with Crippen LogP contribution in [0.3, 0.4) is 0 Å². The third-order valence-electron chi connectivity index (χ3n) is 5.63. The SMILES string of the molecule is CC(C)c1ccc(C(=O)N2CCCC3(CCCN(C)C3)C2)cc1. The van der Waals surface area contributed by atoms with Gasteiger partial charge in [0.2, 0.25) is 0 Å². The van der Waals surface area contributed by atoms with Crippen LogP contribution in [0.2, 0.25) is 0 Å². The first-order chi connectivity index (χ1) is 11.0. The minimum atomic E-state index is 0.215. The summed E-state index contributed by atoms with van der Waals surface area (Å²) in [6.45, 7) is 8.56. The Morgan fingerprint density at radius 1 is 1.04 bits per heavy atom. The van der Waals surface area contributed by atoms with E-state index in [0.717, 1.165) is 31.6 Å². The number of likely N-dealkylation sites (tertiary alicyclic amines) is 2. The second kappa shape index (κ2) is 6.64. The second-order valence-corrected chi connectivity index (χ2v) is 7.95. The number of nitrogens with zero attached hydrogens (tertiary/aromatic N) is 2. The molecular weight excluding hydrogens is 284 g/mol. The quantitative estimate of drug-likeness (QED) is 0.830. The molecule has 3 heteroatoms. The van der Waals surface area contributed by atoms with Gasteiger partial charge in [0.1, 0.15) is 0 Å². The first-order valence-electron chi connectivity index (χ1n) is 9.07. The molecule has 3 nitrogen and oxygen atoms in total. The first-order valence-corrected chi connectivity index (χ1v) is 9.07. The van der Waals surface area contributed by atoms with E-state index in [4.69, 9.17) is 0 Å². The van der Waals surface area contributed by atoms with Crippen LogP contribution >= 0.6 is 0 Å². The highest BCUT2D eigenvalue weighted by molar-refractivity contribution is 5.94. The van der Waals surface area contributed by atoms with E-state index in [9.17, 15) is 4.79 Å². The molecule has 0 radical (unpaired) electrons. The molecule has 0 aromatic heterocycles. The zero-order valence-electron chi connectivity index (χ0n) is 14.8. The molecule has 23 heavy (non-hydrogen) atoms. The summed E-state index contributed by atoms with van der Waals surface area (Å²) in [4.78, 5) is 17.4. The lowest BCUT2D eigenvalue weighted by Crippen LogP contribution is -2.52. The Morgan fingerprint density at radius 3 is 2.30 bits per heavy atom. The van der Waals surface area contributed by atoms with Crippen LogP contribution in [-0.4, -0.2) is 48.9 Å². The molecule has 2 aliphatic rings. The Bertz CT molecular complexity index is 547. The predicted molar refractivity (Wildman–Crippen MR) is 94.8 cm³/mol. The molecule has 2 fully saturated rings. The van der Waals surface area contributed by atoms with E-state index in [-0.39, 0.29) is 5.91 Å². The van der Waals surface area contributed by atoms with Gasteiger partial charge in [-0.3, -0.25) is 4.79 Å². The highest BCUT2D eigenvalue weighted by Crippen LogP contribution is 2.38. The first kappa shape index (κ1) is 16.5. The monoisotopic (exact) mass is 314 g/mol. The molecule has 1 unspecified atom stereocenters. The van der Waals surface area contributed by atoms with Crippen LogP contribution in [0, 0.1) is 5.41 Å². The molecule has 2 saturated heterocycles. The summed E-state index contributed by atoms with van der Waals surface area (Å²) in [6.07, 6.45) is 4.95. The number of piperidine rings is 2. The van der Waals surface area contributed by atoms with Gasteiger partial charge in [0.25, 0.3) is 5.91 Å². The Balaban J connectivity index is 1.71. The van der Waals surface area contributed by atoms with Gasteiger partial charge in [0, 0.05) is 30.6 Å². The topological polar surface area (TPSA) is 23.6 Å². The fourth-order valence-electron chi connectivity index (χ4n) is 4.36. The largest absolute Gasteiger partial charge is 0.338 e. The van der Waals surface area contributed by atoms with Crippen LogP contribution in [-0.2, 0) is 0 Å². The van der Waals surface area contributed by atoms with Gasteiger partial charge >= 0.3 is 0 Å². The van der Waals surface area contributed by atoms with Crippen LogP contribution in [0.4, 0.5) is 0 Å². The maximum absolute atomic E-state index is 12.9. The van der Waals surface area contributed by atoms with Gasteiger partial charge in [0.15, 0.2) is 0 Å². The Labute approximate surface area is 140 Å². The van der Waals surface area contributed by atoms with E-state index < -0.39 is 0 Å². The van der Waals surface area contributed by atoms with Crippen molar-refractivity contribution in [2.75, 3.05) is 33.2 Å². The molecule has 1 amide bonds. The lowest BCUT2D eigenvalue weighted by Gasteiger charge is -2.47. The van der Waals surface area contributed by atoms with Gasteiger partial charge in [-0.1, -0.05) is 26.0 Å². The fourth-order valence-corrected chi connectivity index (χ4v) is 4.36. The van der Waals surface area contributed by atoms with Crippen molar-refractivity contribution in [3.63, 3.8) is 0 Å². The summed E-state index contributed by atoms with van der Waals surface area (Å²) >= 11 is 0. The Morgan fingerprint density at radius 2 is 1.70 bits per heavy atom. The molecule has 3 rings (SSSR count). The van der Waals surface area contributed by atoms with Crippen LogP contribution in [0.5, 0.6) is 0 Å². The number of carbonyl (C=O) groups excluding carboxylic acids is 1. The molecule has 126 valence electrons. The van der Waals surface area contributed by atoms with Gasteiger partial charge in [-0.2, -0.15) is 0 Å². The van der Waals surface area contributed by atoms with Crippen molar-refractivity contribution in [3.05, 3.63) is 35.4 Å². The summed E-state index contributed by atoms with van der Waals surface area (Å²) in [5, 5.41) is 0. The fraction of sp³-hybridized carbons (Fsp3) is 0.650. The molecule has 0 aliphatic carbocycles. The average molecular weight is 314 g/mol. The molecule has 0 bridgehead atoms. The third kappa shape index (κ3) is 3.60. The summed E-state index contributed by atoms with van der Waals surface area (Å²) in [5.74, 6) is 0.725. The van der Waals surface area contributed by atoms with Gasteiger partial charge in [-0.25, -0.2) is 0 Å². The molecule has 1 aromatic rings. The lowest BCUT2D eigenvalue weighted by atomic mass is 9.74. The molecule has 1 spiro atoms. The third-order valence-corrected chi connectivity index (χ3v) is 5.63. The summed E-state index contributed by atoms with van der Waals surface area (Å²) in [5.41, 5.74) is 2.47. The normalized spacial score (nSPS) is 26.0. The van der Waals surface area contributed by atoms with Crippen molar-refractivity contribution >= 4 is 5.91 Å². The number of amides is 1. The van der Waals surface area contributed by atoms with Crippen molar-refractivity contribution in [1.29, 1.82) is 0 Å². The van der Waals surface area contributed by atoms with E-state index in [1.807, 2.05) is 12.1 Å². The van der Waals surface area contributed by atoms with Gasteiger partial charge in [-0.05, 0) is 62.9 Å². The number of hydrogen-bond acceptors (Lipinski definition) is 2. The number of rotatable bonds is 2. The molecular formula is C20H30N2O. The standard InChI is InChI=1S/C20H30N2O/c1-16(2)17-6-8-18(9-7-17)19(23)22-13-5-11-20(15-22)10-4-12-21(3)14-20/h6-9,16H,4-5,10-15H2,1-3H3. The highest BCUT2D eigenvalue weighted by atomic mass is 16.2. The smallest absolute Gasteiger partial charge is 0.253 e. The van der Waals surface area contributed by atoms with Crippen molar-refractivity contribution in [2.24, 2.45) is 5.41 Å². The lowest BCUT2D eigenvalue weighted by molar-refractivity contribution is 0.0206. The maximum atomic E-state index is 12.9. The van der Waals surface area contributed by atoms with E-state index in [1.165, 1.54) is 31.4 Å². The molecule has 1 aromatic carbocycles. The second-order valence-electron chi connectivity index (χ2n) is 7.95. The van der Waals surface area contributed by atoms with Crippen LogP contribution in [0.15, 0.2) is 24.3 Å². The van der Waals surface area contributed by atoms with E-state index in [1.54, 1.807) is 0 Å². The van der Waals surface area contributed by atoms with Crippen LogP contribution in [0.25, 0.3) is 0 Å². The van der Waals surface area contributed by atoms with Gasteiger partial charge in [0.05, 0.1) is 0 Å². The van der Waals surface area contributed by atoms with Gasteiger partial charge in [-0.15, -0.1) is 0 Å². The van der Waals surface area contributed by atoms with E-state index in [2.05, 4.69) is 42.8 Å². The van der Waals surface area contributed by atoms with Crippen LogP contribution < -0.4 is 0 Å². The van der Waals surface area contributed by atoms with E-state index in [0.29, 0.717) is 11.3 Å². The number of carbonyl (C=O) groups is 1. The molecule has 0 N–H and O–H groups in total. The molecule has 1 atom stereocenters. The Kier molecular flexibility index (Phi) is 4.77. The summed E-state index contributed by atoms with van der Waals surface area (Å²) < 4.78 is 0. The minimum absolute atomic E-state index is 0.215. The molecule has 2 aliphatic heterocycles. The number of hydrogen-bond donors (Lipinski definition) is 0. The van der Waals surface area contributed by atoms with Gasteiger partial charge < -0.3 is 9.80 Å². The summed E-state index contributed by atoms with van der Waals surface area (Å²) in [6, 6.07) is 8.22. The van der Waals surface area contributed by atoms with Crippen molar-refractivity contribution in [3.8, 4) is 0 Å². The molecule has 0 saturated carbocycles. The zero-order chi connectivity index (χ0) is 16.4. The van der Waals surface area contributed by atoms with Crippen molar-refractivity contribution in [2.45, 2.75) is 45.4 Å². The molecule has 2 heterocycles. The number of benzene rings is 1. The zero-order valence-corrected chi connectivity index (χ0v) is 14.8. The summed E-state index contributed by atoms with van der Waals surface area (Å²) in [7, 11) is 2.21. The highest BCUT2D eigenvalue weighted by Gasteiger charge is 2.39. The predicted octanol–water partition coefficient (Wildman–Crippen LogP) is 3.76. The Hall–Kier alpha value is -1.35. The van der Waals surface area contributed by atoms with Crippen molar-refractivity contribution < 1.29 is 4.79 Å². The minimum Gasteiger partial charge on any atom is -0.338 e. The van der Waals surface area contributed by atoms with Crippen molar-refractivity contribution in [1.82, 2.24) is 9.80 Å². The van der Waals surface area contributed by atoms with Crippen LogP contribution in [0.1, 0.15) is 61.4 Å².